The zero-order valence-electron chi connectivity index (χ0n) is 13.6. The van der Waals surface area contributed by atoms with Gasteiger partial charge in [0, 0.05) is 11.7 Å². The van der Waals surface area contributed by atoms with E-state index in [0.29, 0.717) is 11.2 Å². The van der Waals surface area contributed by atoms with E-state index in [9.17, 15) is 4.39 Å². The van der Waals surface area contributed by atoms with E-state index in [0.717, 1.165) is 5.69 Å². The van der Waals surface area contributed by atoms with Crippen molar-refractivity contribution < 1.29 is 13.7 Å². The first-order chi connectivity index (χ1) is 10.2. The molecule has 4 nitrogen and oxygen atoms in total. The molecule has 3 rings (SSSR count). The number of nitrogens with zero attached hydrogens (tertiary/aromatic N) is 2. The van der Waals surface area contributed by atoms with E-state index in [1.807, 2.05) is 46.8 Å². The molecule has 0 unspecified atom stereocenters. The molecule has 1 aromatic carbocycles. The lowest BCUT2D eigenvalue weighted by molar-refractivity contribution is 0.00578. The van der Waals surface area contributed by atoms with E-state index in [4.69, 9.17) is 9.31 Å². The highest BCUT2D eigenvalue weighted by Crippen LogP contribution is 2.36. The fraction of sp³-hybridized carbons (Fsp3) is 0.438. The molecule has 22 heavy (non-hydrogen) atoms. The average Bonchev–Trinajstić information content (AvgIpc) is 2.91. The molecule has 1 aromatic heterocycles. The largest absolute Gasteiger partial charge is 0.497 e. The molecule has 6 heteroatoms. The number of hydrogen-bond donors (Lipinski definition) is 0. The van der Waals surface area contributed by atoms with Crippen LogP contribution in [0.2, 0.25) is 0 Å². The van der Waals surface area contributed by atoms with E-state index < -0.39 is 18.3 Å². The second-order valence-electron chi connectivity index (χ2n) is 6.70. The lowest BCUT2D eigenvalue weighted by Crippen LogP contribution is -2.41. The number of aryl methyl sites for hydroxylation is 1. The molecule has 0 amide bonds. The van der Waals surface area contributed by atoms with E-state index in [2.05, 4.69) is 5.10 Å². The first-order valence-electron chi connectivity index (χ1n) is 7.37. The van der Waals surface area contributed by atoms with Crippen LogP contribution in [0.1, 0.15) is 33.4 Å². The van der Waals surface area contributed by atoms with Gasteiger partial charge in [-0.2, -0.15) is 5.10 Å². The molecule has 0 radical (unpaired) electrons. The topological polar surface area (TPSA) is 36.3 Å². The molecule has 2 heterocycles. The summed E-state index contributed by atoms with van der Waals surface area (Å²) in [5.74, 6) is -0.357. The molecule has 0 aliphatic carbocycles. The van der Waals surface area contributed by atoms with Crippen molar-refractivity contribution in [2.24, 2.45) is 0 Å². The molecule has 1 saturated heterocycles. The maximum Gasteiger partial charge on any atom is 0.497 e. The third-order valence-electron chi connectivity index (χ3n) is 4.48. The molecular formula is C16H20BFN2O2. The highest BCUT2D eigenvalue weighted by Gasteiger charge is 2.52. The minimum Gasteiger partial charge on any atom is -0.399 e. The number of rotatable bonds is 2. The minimum atomic E-state index is -0.696. The zero-order valence-corrected chi connectivity index (χ0v) is 13.6. The molecule has 1 fully saturated rings. The quantitative estimate of drug-likeness (QED) is 0.800. The molecule has 0 spiro atoms. The van der Waals surface area contributed by atoms with Crippen molar-refractivity contribution in [1.82, 2.24) is 9.78 Å². The van der Waals surface area contributed by atoms with Crippen LogP contribution in [0.5, 0.6) is 0 Å². The third kappa shape index (κ3) is 2.46. The van der Waals surface area contributed by atoms with E-state index >= 15 is 0 Å². The number of halogens is 1. The van der Waals surface area contributed by atoms with Crippen molar-refractivity contribution in [2.45, 2.75) is 45.8 Å². The van der Waals surface area contributed by atoms with Crippen molar-refractivity contribution in [3.05, 3.63) is 42.0 Å². The minimum absolute atomic E-state index is 0.357. The normalized spacial score (nSPS) is 19.6. The van der Waals surface area contributed by atoms with Gasteiger partial charge in [-0.25, -0.2) is 9.07 Å². The lowest BCUT2D eigenvalue weighted by atomic mass is 9.78. The monoisotopic (exact) mass is 302 g/mol. The van der Waals surface area contributed by atoms with Gasteiger partial charge in [0.1, 0.15) is 5.82 Å². The Bertz CT molecular complexity index is 696. The van der Waals surface area contributed by atoms with Crippen LogP contribution in [-0.2, 0) is 9.31 Å². The molecule has 0 bridgehead atoms. The molecule has 2 aromatic rings. The standard InChI is InChI=1S/C16H20BFN2O2/c1-11-8-9-20(19-11)12-6-7-13(14(18)10-12)17-21-15(2,3)16(4,5)22-17/h6-10H,1-5H3. The van der Waals surface area contributed by atoms with Gasteiger partial charge in [-0.1, -0.05) is 6.07 Å². The molecule has 1 aliphatic heterocycles. The highest BCUT2D eigenvalue weighted by atomic mass is 19.1. The Hall–Kier alpha value is -1.66. The second-order valence-corrected chi connectivity index (χ2v) is 6.70. The van der Waals surface area contributed by atoms with Gasteiger partial charge < -0.3 is 9.31 Å². The second kappa shape index (κ2) is 4.93. The Labute approximate surface area is 130 Å². The summed E-state index contributed by atoms with van der Waals surface area (Å²) in [5.41, 5.74) is 0.997. The van der Waals surface area contributed by atoms with Crippen LogP contribution in [0.25, 0.3) is 5.69 Å². The average molecular weight is 302 g/mol. The number of aromatic nitrogens is 2. The van der Waals surface area contributed by atoms with Gasteiger partial charge in [0.15, 0.2) is 0 Å². The summed E-state index contributed by atoms with van der Waals surface area (Å²) in [5, 5.41) is 4.28. The van der Waals surface area contributed by atoms with Crippen molar-refractivity contribution >= 4 is 12.6 Å². The third-order valence-corrected chi connectivity index (χ3v) is 4.48. The van der Waals surface area contributed by atoms with Crippen molar-refractivity contribution in [1.29, 1.82) is 0 Å². The zero-order chi connectivity index (χ0) is 16.1. The van der Waals surface area contributed by atoms with Crippen LogP contribution in [-0.4, -0.2) is 28.1 Å². The van der Waals surface area contributed by atoms with Crippen LogP contribution in [0, 0.1) is 12.7 Å². The van der Waals surface area contributed by atoms with Gasteiger partial charge in [-0.05, 0) is 52.8 Å². The van der Waals surface area contributed by atoms with Crippen molar-refractivity contribution in [2.75, 3.05) is 0 Å². The predicted octanol–water partition coefficient (Wildman–Crippen LogP) is 2.62. The summed E-state index contributed by atoms with van der Waals surface area (Å²) in [7, 11) is -0.696. The Morgan fingerprint density at radius 2 is 1.73 bits per heavy atom. The van der Waals surface area contributed by atoms with E-state index in [-0.39, 0.29) is 5.82 Å². The van der Waals surface area contributed by atoms with Crippen LogP contribution in [0.3, 0.4) is 0 Å². The molecule has 1 aliphatic rings. The smallest absolute Gasteiger partial charge is 0.399 e. The summed E-state index contributed by atoms with van der Waals surface area (Å²) in [6.07, 6.45) is 1.80. The summed E-state index contributed by atoms with van der Waals surface area (Å²) < 4.78 is 27.9. The first kappa shape index (κ1) is 15.2. The SMILES string of the molecule is Cc1ccn(-c2ccc(B3OC(C)(C)C(C)(C)O3)c(F)c2)n1. The van der Waals surface area contributed by atoms with Gasteiger partial charge in [0.05, 0.1) is 22.6 Å². The fourth-order valence-corrected chi connectivity index (χ4v) is 2.38. The Kier molecular flexibility index (Phi) is 3.42. The number of benzene rings is 1. The first-order valence-corrected chi connectivity index (χ1v) is 7.37. The Morgan fingerprint density at radius 3 is 2.23 bits per heavy atom. The Balaban J connectivity index is 1.91. The van der Waals surface area contributed by atoms with Gasteiger partial charge in [0.2, 0.25) is 0 Å². The fourth-order valence-electron chi connectivity index (χ4n) is 2.38. The highest BCUT2D eigenvalue weighted by molar-refractivity contribution is 6.62. The molecule has 0 saturated carbocycles. The van der Waals surface area contributed by atoms with Gasteiger partial charge >= 0.3 is 7.12 Å². The summed E-state index contributed by atoms with van der Waals surface area (Å²) in [6.45, 7) is 9.70. The number of hydrogen-bond acceptors (Lipinski definition) is 3. The summed E-state index contributed by atoms with van der Waals surface area (Å²) >= 11 is 0. The van der Waals surface area contributed by atoms with Crippen LogP contribution in [0.15, 0.2) is 30.5 Å². The Morgan fingerprint density at radius 1 is 1.09 bits per heavy atom. The van der Waals surface area contributed by atoms with Gasteiger partial charge in [-0.3, -0.25) is 0 Å². The van der Waals surface area contributed by atoms with Gasteiger partial charge in [0.25, 0.3) is 0 Å². The van der Waals surface area contributed by atoms with Crippen LogP contribution in [0.4, 0.5) is 4.39 Å². The van der Waals surface area contributed by atoms with E-state index in [1.165, 1.54) is 6.07 Å². The molecular weight excluding hydrogens is 282 g/mol. The molecule has 116 valence electrons. The van der Waals surface area contributed by atoms with Crippen molar-refractivity contribution in [3.63, 3.8) is 0 Å². The predicted molar refractivity (Wildman–Crippen MR) is 84.0 cm³/mol. The lowest BCUT2D eigenvalue weighted by Gasteiger charge is -2.32. The van der Waals surface area contributed by atoms with Crippen LogP contribution >= 0.6 is 0 Å². The maximum absolute atomic E-state index is 14.5. The molecule has 0 atom stereocenters. The van der Waals surface area contributed by atoms with Gasteiger partial charge in [-0.15, -0.1) is 0 Å². The van der Waals surface area contributed by atoms with Crippen molar-refractivity contribution in [3.8, 4) is 5.69 Å². The summed E-state index contributed by atoms with van der Waals surface area (Å²) in [4.78, 5) is 0. The van der Waals surface area contributed by atoms with Crippen LogP contribution < -0.4 is 5.46 Å². The maximum atomic E-state index is 14.5. The van der Waals surface area contributed by atoms with E-state index in [1.54, 1.807) is 16.9 Å². The summed E-state index contributed by atoms with van der Waals surface area (Å²) in [6, 6.07) is 6.84. The molecule has 0 N–H and O–H groups in total.